The smallest absolute Gasteiger partial charge is 0.261 e. The molecule has 2 aromatic carbocycles. The van der Waals surface area contributed by atoms with Gasteiger partial charge < -0.3 is 15.0 Å². The number of nitrogens with one attached hydrogen (secondary N) is 1. The minimum absolute atomic E-state index is 0.00249. The normalized spacial score (nSPS) is 12.7. The molecular formula is C24H30BrFN2O3. The Bertz CT molecular complexity index is 895. The first-order chi connectivity index (χ1) is 14.6. The van der Waals surface area contributed by atoms with E-state index < -0.39 is 6.04 Å². The molecule has 0 aliphatic carbocycles. The maximum atomic E-state index is 13.3. The third kappa shape index (κ3) is 7.06. The van der Waals surface area contributed by atoms with E-state index in [1.807, 2.05) is 39.8 Å². The molecule has 168 valence electrons. The summed E-state index contributed by atoms with van der Waals surface area (Å²) in [5, 5.41) is 2.92. The molecule has 0 heterocycles. The Hall–Kier alpha value is -2.41. The highest BCUT2D eigenvalue weighted by Crippen LogP contribution is 2.26. The molecule has 2 rings (SSSR count). The van der Waals surface area contributed by atoms with Crippen molar-refractivity contribution >= 4 is 27.7 Å². The zero-order chi connectivity index (χ0) is 23.1. The highest BCUT2D eigenvalue weighted by molar-refractivity contribution is 9.10. The molecule has 0 aromatic heterocycles. The van der Waals surface area contributed by atoms with Gasteiger partial charge in [-0.05, 0) is 75.1 Å². The van der Waals surface area contributed by atoms with Crippen LogP contribution in [0.15, 0.2) is 40.9 Å². The van der Waals surface area contributed by atoms with Crippen molar-refractivity contribution in [2.75, 3.05) is 6.61 Å². The average molecular weight is 493 g/mol. The van der Waals surface area contributed by atoms with Gasteiger partial charge in [0.05, 0.1) is 0 Å². The molecule has 5 nitrogen and oxygen atoms in total. The first-order valence-corrected chi connectivity index (χ1v) is 11.2. The topological polar surface area (TPSA) is 58.6 Å². The van der Waals surface area contributed by atoms with Crippen LogP contribution in [0.2, 0.25) is 0 Å². The average Bonchev–Trinajstić information content (AvgIpc) is 2.74. The molecule has 7 heteroatoms. The second kappa shape index (κ2) is 11.3. The Balaban J connectivity index is 2.18. The van der Waals surface area contributed by atoms with Gasteiger partial charge in [-0.1, -0.05) is 35.0 Å². The summed E-state index contributed by atoms with van der Waals surface area (Å²) in [6.45, 7) is 9.46. The molecule has 0 spiro atoms. The van der Waals surface area contributed by atoms with Gasteiger partial charge in [-0.25, -0.2) is 4.39 Å². The Morgan fingerprint density at radius 1 is 1.13 bits per heavy atom. The second-order valence-corrected chi connectivity index (χ2v) is 8.59. The van der Waals surface area contributed by atoms with Crippen molar-refractivity contribution < 1.29 is 18.7 Å². The summed E-state index contributed by atoms with van der Waals surface area (Å²) in [7, 11) is 0. The van der Waals surface area contributed by atoms with Crippen molar-refractivity contribution in [2.45, 2.75) is 59.7 Å². The number of nitrogens with zero attached hydrogens (tertiary/aromatic N) is 1. The van der Waals surface area contributed by atoms with E-state index in [0.717, 1.165) is 27.6 Å². The Morgan fingerprint density at radius 3 is 2.26 bits per heavy atom. The van der Waals surface area contributed by atoms with Crippen LogP contribution < -0.4 is 10.1 Å². The fraction of sp³-hybridized carbons (Fsp3) is 0.417. The molecule has 0 radical (unpaired) electrons. The van der Waals surface area contributed by atoms with Crippen LogP contribution in [0, 0.1) is 19.7 Å². The lowest BCUT2D eigenvalue weighted by atomic mass is 10.1. The molecule has 0 saturated carbocycles. The SMILES string of the molecule is CC[C@H](C)NC(=O)[C@H](C)N(Cc1ccc(F)cc1)C(=O)COc1cc(C)c(Br)c(C)c1. The zero-order valence-electron chi connectivity index (χ0n) is 18.7. The Morgan fingerprint density at radius 2 is 1.71 bits per heavy atom. The highest BCUT2D eigenvalue weighted by Gasteiger charge is 2.27. The van der Waals surface area contributed by atoms with Crippen LogP contribution in [0.1, 0.15) is 43.9 Å². The van der Waals surface area contributed by atoms with Crippen molar-refractivity contribution in [1.29, 1.82) is 0 Å². The molecule has 0 aliphatic heterocycles. The van der Waals surface area contributed by atoms with Crippen LogP contribution in [-0.2, 0) is 16.1 Å². The summed E-state index contributed by atoms with van der Waals surface area (Å²) in [4.78, 5) is 27.2. The monoisotopic (exact) mass is 492 g/mol. The number of hydrogen-bond acceptors (Lipinski definition) is 3. The van der Waals surface area contributed by atoms with Crippen molar-refractivity contribution in [3.05, 3.63) is 63.4 Å². The largest absolute Gasteiger partial charge is 0.484 e. The molecule has 2 atom stereocenters. The minimum Gasteiger partial charge on any atom is -0.484 e. The van der Waals surface area contributed by atoms with Crippen molar-refractivity contribution in [3.8, 4) is 5.75 Å². The van der Waals surface area contributed by atoms with Gasteiger partial charge in [0.25, 0.3) is 5.91 Å². The summed E-state index contributed by atoms with van der Waals surface area (Å²) < 4.78 is 20.0. The van der Waals surface area contributed by atoms with E-state index in [1.165, 1.54) is 17.0 Å². The van der Waals surface area contributed by atoms with Crippen molar-refractivity contribution in [1.82, 2.24) is 10.2 Å². The summed E-state index contributed by atoms with van der Waals surface area (Å²) in [6, 6.07) is 8.90. The molecule has 0 saturated heterocycles. The van der Waals surface area contributed by atoms with E-state index in [1.54, 1.807) is 19.1 Å². The van der Waals surface area contributed by atoms with Gasteiger partial charge in [0.2, 0.25) is 5.91 Å². The van der Waals surface area contributed by atoms with Gasteiger partial charge >= 0.3 is 0 Å². The van der Waals surface area contributed by atoms with E-state index in [9.17, 15) is 14.0 Å². The van der Waals surface area contributed by atoms with E-state index >= 15 is 0 Å². The number of benzene rings is 2. The first kappa shape index (κ1) is 24.9. The lowest BCUT2D eigenvalue weighted by Crippen LogP contribution is -2.50. The Kier molecular flexibility index (Phi) is 9.04. The third-order valence-corrected chi connectivity index (χ3v) is 6.46. The zero-order valence-corrected chi connectivity index (χ0v) is 20.3. The number of rotatable bonds is 9. The number of aryl methyl sites for hydroxylation is 2. The quantitative estimate of drug-likeness (QED) is 0.540. The standard InChI is InChI=1S/C24H30BrFN2O3/c1-6-17(4)27-24(30)18(5)28(13-19-7-9-20(26)10-8-19)22(29)14-31-21-11-15(2)23(25)16(3)12-21/h7-12,17-18H,6,13-14H2,1-5H3,(H,27,30)/t17-,18-/m0/s1. The fourth-order valence-corrected chi connectivity index (χ4v) is 3.28. The maximum Gasteiger partial charge on any atom is 0.261 e. The van der Waals surface area contributed by atoms with Gasteiger partial charge in [0, 0.05) is 17.1 Å². The van der Waals surface area contributed by atoms with Gasteiger partial charge in [0.15, 0.2) is 6.61 Å². The van der Waals surface area contributed by atoms with Crippen molar-refractivity contribution in [3.63, 3.8) is 0 Å². The fourth-order valence-electron chi connectivity index (χ4n) is 3.05. The van der Waals surface area contributed by atoms with Crippen molar-refractivity contribution in [2.24, 2.45) is 0 Å². The lowest BCUT2D eigenvalue weighted by Gasteiger charge is -2.29. The minimum atomic E-state index is -0.705. The summed E-state index contributed by atoms with van der Waals surface area (Å²) in [5.74, 6) is -0.326. The summed E-state index contributed by atoms with van der Waals surface area (Å²) in [5.41, 5.74) is 2.74. The molecule has 0 bridgehead atoms. The Labute approximate surface area is 192 Å². The number of carbonyl (C=O) groups excluding carboxylic acids is 2. The molecule has 1 N–H and O–H groups in total. The van der Waals surface area contributed by atoms with Gasteiger partial charge in [0.1, 0.15) is 17.6 Å². The lowest BCUT2D eigenvalue weighted by molar-refractivity contribution is -0.142. The molecule has 0 aliphatic rings. The van der Waals surface area contributed by atoms with E-state index in [2.05, 4.69) is 21.2 Å². The number of carbonyl (C=O) groups is 2. The predicted molar refractivity (Wildman–Crippen MR) is 123 cm³/mol. The molecule has 2 aromatic rings. The summed E-state index contributed by atoms with van der Waals surface area (Å²) in [6.07, 6.45) is 0.787. The van der Waals surface area contributed by atoms with Crippen LogP contribution in [0.25, 0.3) is 0 Å². The second-order valence-electron chi connectivity index (χ2n) is 7.80. The van der Waals surface area contributed by atoms with Gasteiger partial charge in [-0.3, -0.25) is 9.59 Å². The molecular weight excluding hydrogens is 463 g/mol. The van der Waals surface area contributed by atoms with Crippen LogP contribution in [0.4, 0.5) is 4.39 Å². The number of amides is 2. The van der Waals surface area contributed by atoms with Crippen LogP contribution in [-0.4, -0.2) is 35.4 Å². The number of hydrogen-bond donors (Lipinski definition) is 1. The molecule has 0 fully saturated rings. The van der Waals surface area contributed by atoms with Gasteiger partial charge in [-0.15, -0.1) is 0 Å². The predicted octanol–water partition coefficient (Wildman–Crippen LogP) is 4.92. The molecule has 0 unspecified atom stereocenters. The molecule has 2 amide bonds. The highest BCUT2D eigenvalue weighted by atomic mass is 79.9. The van der Waals surface area contributed by atoms with E-state index in [0.29, 0.717) is 5.75 Å². The third-order valence-electron chi connectivity index (χ3n) is 5.21. The van der Waals surface area contributed by atoms with Gasteiger partial charge in [-0.2, -0.15) is 0 Å². The summed E-state index contributed by atoms with van der Waals surface area (Å²) >= 11 is 3.52. The van der Waals surface area contributed by atoms with Crippen LogP contribution in [0.5, 0.6) is 5.75 Å². The maximum absolute atomic E-state index is 13.3. The molecule has 31 heavy (non-hydrogen) atoms. The van der Waals surface area contributed by atoms with E-state index in [-0.39, 0.29) is 36.8 Å². The van der Waals surface area contributed by atoms with E-state index in [4.69, 9.17) is 4.74 Å². The number of ether oxygens (including phenoxy) is 1. The first-order valence-electron chi connectivity index (χ1n) is 10.4. The van der Waals surface area contributed by atoms with Crippen LogP contribution >= 0.6 is 15.9 Å². The van der Waals surface area contributed by atoms with Crippen LogP contribution in [0.3, 0.4) is 0 Å². The number of halogens is 2.